The topological polar surface area (TPSA) is 340 Å². The summed E-state index contributed by atoms with van der Waals surface area (Å²) < 4.78 is 17.1. The van der Waals surface area contributed by atoms with Crippen LogP contribution in [-0.2, 0) is 43.0 Å². The molecule has 0 spiro atoms. The van der Waals surface area contributed by atoms with Crippen LogP contribution in [0.15, 0.2) is 0 Å². The Balaban J connectivity index is 3.35. The van der Waals surface area contributed by atoms with Gasteiger partial charge in [-0.1, -0.05) is 0 Å². The first-order chi connectivity index (χ1) is 22.4. The Morgan fingerprint density at radius 1 is 0.833 bits per heavy atom. The van der Waals surface area contributed by atoms with E-state index in [4.69, 9.17) is 19.3 Å². The van der Waals surface area contributed by atoms with Crippen molar-refractivity contribution in [2.24, 2.45) is 0 Å². The highest BCUT2D eigenvalue weighted by Crippen LogP contribution is 2.26. The van der Waals surface area contributed by atoms with E-state index in [-0.39, 0.29) is 0 Å². The molecule has 0 bridgehead atoms. The largest absolute Gasteiger partial charge is 0.481 e. The van der Waals surface area contributed by atoms with Crippen LogP contribution in [0.25, 0.3) is 0 Å². The Hall–Kier alpha value is -3.54. The predicted octanol–water partition coefficient (Wildman–Crippen LogP) is -6.12. The summed E-state index contributed by atoms with van der Waals surface area (Å²) in [5.41, 5.74) is 0. The summed E-state index contributed by atoms with van der Waals surface area (Å²) in [5, 5.41) is 88.5. The highest BCUT2D eigenvalue weighted by atomic mass is 16.7. The number of hydrogen-bond acceptors (Lipinski definition) is 15. The number of rotatable bonds is 20. The molecule has 0 aliphatic carbocycles. The molecule has 1 heterocycles. The van der Waals surface area contributed by atoms with Crippen LogP contribution in [0.5, 0.6) is 0 Å². The molecule has 4 amide bonds. The minimum absolute atomic E-state index is 0.443. The number of carboxylic acids is 2. The lowest BCUT2D eigenvalue weighted by molar-refractivity contribution is -0.303. The summed E-state index contributed by atoms with van der Waals surface area (Å²) >= 11 is 0. The maximum atomic E-state index is 13.1. The van der Waals surface area contributed by atoms with Gasteiger partial charge in [-0.05, 0) is 20.3 Å². The first kappa shape index (κ1) is 42.5. The second kappa shape index (κ2) is 20.1. The first-order valence-corrected chi connectivity index (χ1v) is 14.8. The number of aliphatic carboxylic acids is 2. The fourth-order valence-corrected chi connectivity index (χ4v) is 4.64. The molecule has 1 fully saturated rings. The third kappa shape index (κ3) is 12.8. The average Bonchev–Trinajstić information content (AvgIpc) is 3.01. The van der Waals surface area contributed by atoms with Crippen molar-refractivity contribution < 1.29 is 83.8 Å². The molecule has 0 aromatic heterocycles. The van der Waals surface area contributed by atoms with Gasteiger partial charge in [-0.3, -0.25) is 24.0 Å². The summed E-state index contributed by atoms with van der Waals surface area (Å²) in [6.45, 7) is 1.70. The van der Waals surface area contributed by atoms with Gasteiger partial charge in [-0.2, -0.15) is 0 Å². The Labute approximate surface area is 274 Å². The molecule has 1 rings (SSSR count). The first-order valence-electron chi connectivity index (χ1n) is 14.8. The number of nitrogens with one attached hydrogen (secondary N) is 4. The number of hydrogen-bond donors (Lipinski definition) is 12. The van der Waals surface area contributed by atoms with Gasteiger partial charge in [0.25, 0.3) is 0 Å². The van der Waals surface area contributed by atoms with Crippen LogP contribution in [0.3, 0.4) is 0 Å². The predicted molar refractivity (Wildman–Crippen MR) is 156 cm³/mol. The zero-order valence-electron chi connectivity index (χ0n) is 26.7. The van der Waals surface area contributed by atoms with Crippen LogP contribution < -0.4 is 21.3 Å². The van der Waals surface area contributed by atoms with E-state index in [1.165, 1.54) is 6.92 Å². The number of ether oxygens (including phenoxy) is 3. The minimum Gasteiger partial charge on any atom is -0.481 e. The number of carbonyl (C=O) groups is 6. The van der Waals surface area contributed by atoms with E-state index in [2.05, 4.69) is 21.3 Å². The summed E-state index contributed by atoms with van der Waals surface area (Å²) in [6, 6.07) is -5.99. The SMILES string of the molecule is CC(=O)NC(CO)C(OC(C)C(=O)NC(C)C(=O)NC(CCC(=O)O)C(=O)O)C(OC1OC(CO)C(O)C(O)C1NC(C)=O)C(O)CO. The lowest BCUT2D eigenvalue weighted by Crippen LogP contribution is -2.67. The van der Waals surface area contributed by atoms with Gasteiger partial charge in [0, 0.05) is 20.3 Å². The molecule has 12 unspecified atom stereocenters. The summed E-state index contributed by atoms with van der Waals surface area (Å²) in [7, 11) is 0. The van der Waals surface area contributed by atoms with Crippen molar-refractivity contribution in [3.63, 3.8) is 0 Å². The van der Waals surface area contributed by atoms with Gasteiger partial charge in [0.05, 0.1) is 25.9 Å². The van der Waals surface area contributed by atoms with Crippen LogP contribution in [-0.4, -0.2) is 169 Å². The van der Waals surface area contributed by atoms with E-state index < -0.39 is 141 Å². The molecule has 48 heavy (non-hydrogen) atoms. The fourth-order valence-electron chi connectivity index (χ4n) is 4.64. The highest BCUT2D eigenvalue weighted by Gasteiger charge is 2.49. The molecular weight excluding hydrogens is 652 g/mol. The summed E-state index contributed by atoms with van der Waals surface area (Å²) in [5.74, 6) is -6.26. The van der Waals surface area contributed by atoms with Gasteiger partial charge < -0.3 is 76.3 Å². The van der Waals surface area contributed by atoms with Crippen LogP contribution in [0.1, 0.15) is 40.5 Å². The van der Waals surface area contributed by atoms with E-state index in [0.717, 1.165) is 20.8 Å². The Kier molecular flexibility index (Phi) is 17.8. The molecule has 276 valence electrons. The second-order valence-electron chi connectivity index (χ2n) is 11.1. The van der Waals surface area contributed by atoms with Crippen molar-refractivity contribution >= 4 is 35.6 Å². The number of carbonyl (C=O) groups excluding carboxylic acids is 4. The minimum atomic E-state index is -1.92. The van der Waals surface area contributed by atoms with Crippen molar-refractivity contribution in [2.45, 2.75) is 114 Å². The molecule has 0 radical (unpaired) electrons. The Morgan fingerprint density at radius 2 is 1.46 bits per heavy atom. The van der Waals surface area contributed by atoms with Crippen molar-refractivity contribution in [1.29, 1.82) is 0 Å². The van der Waals surface area contributed by atoms with E-state index in [9.17, 15) is 64.5 Å². The molecule has 1 aliphatic rings. The van der Waals surface area contributed by atoms with Crippen molar-refractivity contribution in [1.82, 2.24) is 21.3 Å². The van der Waals surface area contributed by atoms with E-state index in [1.54, 1.807) is 0 Å². The van der Waals surface area contributed by atoms with Crippen molar-refractivity contribution in [3.05, 3.63) is 0 Å². The average molecular weight is 699 g/mol. The lowest BCUT2D eigenvalue weighted by atomic mass is 9.96. The third-order valence-corrected chi connectivity index (χ3v) is 7.16. The number of amides is 4. The molecule has 12 atom stereocenters. The molecule has 1 aliphatic heterocycles. The number of carboxylic acid groups (broad SMARTS) is 2. The number of aliphatic hydroxyl groups excluding tert-OH is 6. The van der Waals surface area contributed by atoms with E-state index in [1.807, 2.05) is 0 Å². The van der Waals surface area contributed by atoms with E-state index >= 15 is 0 Å². The van der Waals surface area contributed by atoms with E-state index in [0.29, 0.717) is 0 Å². The molecule has 0 saturated carbocycles. The maximum absolute atomic E-state index is 13.1. The standard InChI is InChI=1S/C27H46N4O17/c1-10(24(42)31-14(26(44)45)5-6-18(38)39)28-25(43)11(2)46-22(15(7-32)29-12(3)35)23(16(37)8-33)48-27-19(30-13(4)36)21(41)20(40)17(9-34)47-27/h10-11,14-17,19-23,27,32-34,37,40-41H,5-9H2,1-4H3,(H,28,43)(H,29,35)(H,30,36)(H,31,42)(H,38,39)(H,44,45). The number of aliphatic hydroxyl groups is 6. The van der Waals surface area contributed by atoms with Crippen molar-refractivity contribution in [2.75, 3.05) is 19.8 Å². The zero-order chi connectivity index (χ0) is 36.9. The van der Waals surface area contributed by atoms with Crippen LogP contribution in [0.2, 0.25) is 0 Å². The quantitative estimate of drug-likeness (QED) is 0.0563. The van der Waals surface area contributed by atoms with Gasteiger partial charge in [0.1, 0.15) is 60.9 Å². The zero-order valence-corrected chi connectivity index (χ0v) is 26.7. The van der Waals surface area contributed by atoms with Gasteiger partial charge in [-0.15, -0.1) is 0 Å². The molecular formula is C27H46N4O17. The highest BCUT2D eigenvalue weighted by molar-refractivity contribution is 5.91. The van der Waals surface area contributed by atoms with Gasteiger partial charge >= 0.3 is 11.9 Å². The molecule has 0 aromatic rings. The molecule has 0 aromatic carbocycles. The summed E-state index contributed by atoms with van der Waals surface area (Å²) in [4.78, 5) is 71.7. The smallest absolute Gasteiger partial charge is 0.326 e. The summed E-state index contributed by atoms with van der Waals surface area (Å²) in [6.07, 6.45) is -14.8. The van der Waals surface area contributed by atoms with Gasteiger partial charge in [-0.25, -0.2) is 4.79 Å². The van der Waals surface area contributed by atoms with Crippen LogP contribution in [0.4, 0.5) is 0 Å². The molecule has 21 heteroatoms. The van der Waals surface area contributed by atoms with Gasteiger partial charge in [0.2, 0.25) is 23.6 Å². The monoisotopic (exact) mass is 698 g/mol. The maximum Gasteiger partial charge on any atom is 0.326 e. The van der Waals surface area contributed by atoms with Crippen LogP contribution in [0, 0.1) is 0 Å². The fraction of sp³-hybridized carbons (Fsp3) is 0.778. The molecule has 21 nitrogen and oxygen atoms in total. The second-order valence-corrected chi connectivity index (χ2v) is 11.1. The Morgan fingerprint density at radius 3 is 1.94 bits per heavy atom. The van der Waals surface area contributed by atoms with Crippen LogP contribution >= 0.6 is 0 Å². The van der Waals surface area contributed by atoms with Gasteiger partial charge in [0.15, 0.2) is 6.29 Å². The third-order valence-electron chi connectivity index (χ3n) is 7.16. The normalized spacial score (nSPS) is 25.2. The molecule has 12 N–H and O–H groups in total. The Bertz CT molecular complexity index is 1110. The lowest BCUT2D eigenvalue weighted by Gasteiger charge is -2.45. The molecule has 1 saturated heterocycles. The van der Waals surface area contributed by atoms with Crippen molar-refractivity contribution in [3.8, 4) is 0 Å².